The lowest BCUT2D eigenvalue weighted by Gasteiger charge is -2.30. The lowest BCUT2D eigenvalue weighted by Crippen LogP contribution is -2.39. The van der Waals surface area contributed by atoms with Gasteiger partial charge in [0.2, 0.25) is 5.88 Å². The molecule has 0 saturated heterocycles. The Bertz CT molecular complexity index is 413. The molecule has 4 nitrogen and oxygen atoms in total. The van der Waals surface area contributed by atoms with Gasteiger partial charge in [0.15, 0.2) is 0 Å². The van der Waals surface area contributed by atoms with E-state index in [0.717, 1.165) is 12.1 Å². The number of hydrogen-bond donors (Lipinski definition) is 0. The number of hydrogen-bond acceptors (Lipinski definition) is 4. The van der Waals surface area contributed by atoms with E-state index in [1.165, 1.54) is 0 Å². The first-order valence-electron chi connectivity index (χ1n) is 6.72. The van der Waals surface area contributed by atoms with Gasteiger partial charge in [-0.3, -0.25) is 4.90 Å². The Morgan fingerprint density at radius 3 is 2.21 bits per heavy atom. The van der Waals surface area contributed by atoms with Crippen LogP contribution in [-0.4, -0.2) is 40.1 Å². The topological polar surface area (TPSA) is 38.2 Å². The van der Waals surface area contributed by atoms with E-state index in [0.29, 0.717) is 35.5 Å². The average molecular weight is 286 g/mol. The molecule has 0 radical (unpaired) electrons. The predicted molar refractivity (Wildman–Crippen MR) is 79.0 cm³/mol. The molecule has 0 N–H and O–H groups in total. The fraction of sp³-hybridized carbons (Fsp3) is 0.714. The maximum atomic E-state index is 6.02. The highest BCUT2D eigenvalue weighted by Gasteiger charge is 2.14. The molecule has 1 rings (SSSR count). The van der Waals surface area contributed by atoms with E-state index in [4.69, 9.17) is 16.3 Å². The van der Waals surface area contributed by atoms with Crippen LogP contribution in [0.25, 0.3) is 0 Å². The predicted octanol–water partition coefficient (Wildman–Crippen LogP) is 3.24. The monoisotopic (exact) mass is 285 g/mol. The van der Waals surface area contributed by atoms with Gasteiger partial charge in [0.25, 0.3) is 0 Å². The molecule has 0 bridgehead atoms. The van der Waals surface area contributed by atoms with Gasteiger partial charge in [-0.05, 0) is 41.5 Å². The fourth-order valence-corrected chi connectivity index (χ4v) is 2.27. The zero-order valence-corrected chi connectivity index (χ0v) is 13.5. The minimum Gasteiger partial charge on any atom is -0.476 e. The second-order valence-electron chi connectivity index (χ2n) is 5.27. The third kappa shape index (κ3) is 4.62. The highest BCUT2D eigenvalue weighted by Crippen LogP contribution is 2.21. The minimum atomic E-state index is 0.465. The lowest BCUT2D eigenvalue weighted by atomic mass is 10.2. The molecule has 0 amide bonds. The molecule has 0 spiro atoms. The maximum Gasteiger partial charge on any atom is 0.221 e. The van der Waals surface area contributed by atoms with Crippen molar-refractivity contribution in [2.45, 2.75) is 53.6 Å². The Labute approximate surface area is 121 Å². The van der Waals surface area contributed by atoms with Gasteiger partial charge in [0, 0.05) is 24.2 Å². The van der Waals surface area contributed by atoms with E-state index in [1.807, 2.05) is 13.8 Å². The summed E-state index contributed by atoms with van der Waals surface area (Å²) in [4.78, 5) is 10.8. The summed E-state index contributed by atoms with van der Waals surface area (Å²) in [6, 6.07) is 1.00. The molecule has 0 fully saturated rings. The van der Waals surface area contributed by atoms with Crippen LogP contribution in [0.3, 0.4) is 0 Å². The molecule has 0 aliphatic carbocycles. The van der Waals surface area contributed by atoms with Crippen LogP contribution >= 0.6 is 11.6 Å². The molecule has 1 aromatic heterocycles. The summed E-state index contributed by atoms with van der Waals surface area (Å²) in [7, 11) is 0. The molecular weight excluding hydrogens is 262 g/mol. The summed E-state index contributed by atoms with van der Waals surface area (Å²) in [5.41, 5.74) is 0.799. The van der Waals surface area contributed by atoms with E-state index in [-0.39, 0.29) is 0 Å². The summed E-state index contributed by atoms with van der Waals surface area (Å²) in [5, 5.41) is 0.465. The Morgan fingerprint density at radius 1 is 1.11 bits per heavy atom. The molecular formula is C14H24ClN3O. The standard InChI is InChI=1S/C14H24ClN3O/c1-9(2)18(10(3)4)7-8-19-14-11(5)13(15)16-12(6)17-14/h9-10H,7-8H2,1-6H3. The summed E-state index contributed by atoms with van der Waals surface area (Å²) in [5.74, 6) is 1.22. The second kappa shape index (κ2) is 7.06. The third-order valence-electron chi connectivity index (χ3n) is 3.07. The number of rotatable bonds is 6. The van der Waals surface area contributed by atoms with E-state index < -0.39 is 0 Å². The van der Waals surface area contributed by atoms with Gasteiger partial charge < -0.3 is 4.74 Å². The minimum absolute atomic E-state index is 0.465. The van der Waals surface area contributed by atoms with Gasteiger partial charge in [-0.15, -0.1) is 0 Å². The summed E-state index contributed by atoms with van der Waals surface area (Å²) < 4.78 is 5.75. The lowest BCUT2D eigenvalue weighted by molar-refractivity contribution is 0.139. The summed E-state index contributed by atoms with van der Waals surface area (Å²) in [6.45, 7) is 13.9. The Kier molecular flexibility index (Phi) is 6.01. The number of aromatic nitrogens is 2. The maximum absolute atomic E-state index is 6.02. The van der Waals surface area contributed by atoms with Crippen molar-refractivity contribution < 1.29 is 4.74 Å². The van der Waals surface area contributed by atoms with Gasteiger partial charge in [0.05, 0.1) is 0 Å². The zero-order chi connectivity index (χ0) is 14.6. The van der Waals surface area contributed by atoms with E-state index in [1.54, 1.807) is 0 Å². The van der Waals surface area contributed by atoms with Gasteiger partial charge in [-0.25, -0.2) is 4.98 Å². The molecule has 0 aromatic carbocycles. The normalized spacial score (nSPS) is 11.7. The van der Waals surface area contributed by atoms with Crippen molar-refractivity contribution in [1.82, 2.24) is 14.9 Å². The number of nitrogens with zero attached hydrogens (tertiary/aromatic N) is 3. The molecule has 19 heavy (non-hydrogen) atoms. The molecule has 1 aromatic rings. The van der Waals surface area contributed by atoms with E-state index in [2.05, 4.69) is 42.6 Å². The van der Waals surface area contributed by atoms with Crippen molar-refractivity contribution in [3.8, 4) is 5.88 Å². The molecule has 0 atom stereocenters. The Morgan fingerprint density at radius 2 is 1.68 bits per heavy atom. The Balaban J connectivity index is 2.62. The first-order valence-corrected chi connectivity index (χ1v) is 7.10. The van der Waals surface area contributed by atoms with E-state index in [9.17, 15) is 0 Å². The van der Waals surface area contributed by atoms with Gasteiger partial charge >= 0.3 is 0 Å². The van der Waals surface area contributed by atoms with Crippen molar-refractivity contribution in [2.24, 2.45) is 0 Å². The molecule has 0 aliphatic rings. The quantitative estimate of drug-likeness (QED) is 0.752. The van der Waals surface area contributed by atoms with Gasteiger partial charge in [-0.2, -0.15) is 4.98 Å². The van der Waals surface area contributed by atoms with Crippen LogP contribution in [0.1, 0.15) is 39.1 Å². The molecule has 0 saturated carbocycles. The SMILES string of the molecule is Cc1nc(Cl)c(C)c(OCCN(C(C)C)C(C)C)n1. The average Bonchev–Trinajstić information content (AvgIpc) is 2.29. The van der Waals surface area contributed by atoms with Crippen LogP contribution in [0.4, 0.5) is 0 Å². The molecule has 0 aliphatic heterocycles. The smallest absolute Gasteiger partial charge is 0.221 e. The summed E-state index contributed by atoms with van der Waals surface area (Å²) in [6.07, 6.45) is 0. The van der Waals surface area contributed by atoms with Crippen LogP contribution < -0.4 is 4.74 Å². The largest absolute Gasteiger partial charge is 0.476 e. The Hall–Kier alpha value is -0.870. The van der Waals surface area contributed by atoms with Crippen molar-refractivity contribution in [3.63, 3.8) is 0 Å². The first-order chi connectivity index (χ1) is 8.82. The first kappa shape index (κ1) is 16.2. The molecule has 0 unspecified atom stereocenters. The highest BCUT2D eigenvalue weighted by atomic mass is 35.5. The number of aryl methyl sites for hydroxylation is 1. The van der Waals surface area contributed by atoms with E-state index >= 15 is 0 Å². The van der Waals surface area contributed by atoms with Crippen LogP contribution in [-0.2, 0) is 0 Å². The van der Waals surface area contributed by atoms with Gasteiger partial charge in [-0.1, -0.05) is 11.6 Å². The highest BCUT2D eigenvalue weighted by molar-refractivity contribution is 6.30. The summed E-state index contributed by atoms with van der Waals surface area (Å²) >= 11 is 6.02. The zero-order valence-electron chi connectivity index (χ0n) is 12.7. The van der Waals surface area contributed by atoms with Crippen molar-refractivity contribution in [3.05, 3.63) is 16.5 Å². The fourth-order valence-electron chi connectivity index (χ4n) is 2.07. The molecule has 5 heteroatoms. The van der Waals surface area contributed by atoms with Gasteiger partial charge in [0.1, 0.15) is 17.6 Å². The molecule has 108 valence electrons. The second-order valence-corrected chi connectivity index (χ2v) is 5.62. The number of ether oxygens (including phenoxy) is 1. The molecule has 1 heterocycles. The van der Waals surface area contributed by atoms with Crippen molar-refractivity contribution >= 4 is 11.6 Å². The van der Waals surface area contributed by atoms with Crippen LogP contribution in [0.5, 0.6) is 5.88 Å². The number of halogens is 1. The van der Waals surface area contributed by atoms with Crippen LogP contribution in [0.2, 0.25) is 5.15 Å². The van der Waals surface area contributed by atoms with Crippen molar-refractivity contribution in [1.29, 1.82) is 0 Å². The van der Waals surface area contributed by atoms with Crippen LogP contribution in [0.15, 0.2) is 0 Å². The van der Waals surface area contributed by atoms with Crippen molar-refractivity contribution in [2.75, 3.05) is 13.2 Å². The van der Waals surface area contributed by atoms with Crippen LogP contribution in [0, 0.1) is 13.8 Å². The third-order valence-corrected chi connectivity index (χ3v) is 3.44.